The standard InChI is InChI=1S/C9H15BrN4O2S2/c1-3-7-6-14(4-5-17-7)18(15,16)9-8(10)11-12-13(9)2/h7H,3-6H2,1-2H3. The molecule has 6 nitrogen and oxygen atoms in total. The Morgan fingerprint density at radius 1 is 1.56 bits per heavy atom. The number of rotatable bonds is 3. The van der Waals surface area contributed by atoms with E-state index in [1.165, 1.54) is 8.99 Å². The Morgan fingerprint density at radius 3 is 2.83 bits per heavy atom. The molecule has 0 spiro atoms. The number of hydrogen-bond acceptors (Lipinski definition) is 5. The Balaban J connectivity index is 2.31. The number of sulfonamides is 1. The molecule has 1 aromatic rings. The van der Waals surface area contributed by atoms with Crippen molar-refractivity contribution >= 4 is 37.7 Å². The molecular weight excluding hydrogens is 340 g/mol. The Morgan fingerprint density at radius 2 is 2.28 bits per heavy atom. The number of aryl methyl sites for hydroxylation is 1. The maximum Gasteiger partial charge on any atom is 0.263 e. The van der Waals surface area contributed by atoms with E-state index in [0.717, 1.165) is 12.2 Å². The van der Waals surface area contributed by atoms with E-state index in [1.807, 2.05) is 11.8 Å². The summed E-state index contributed by atoms with van der Waals surface area (Å²) in [7, 11) is -1.93. The highest BCUT2D eigenvalue weighted by atomic mass is 79.9. The van der Waals surface area contributed by atoms with E-state index < -0.39 is 10.0 Å². The monoisotopic (exact) mass is 354 g/mol. The smallest absolute Gasteiger partial charge is 0.235 e. The molecule has 1 fully saturated rings. The van der Waals surface area contributed by atoms with E-state index in [-0.39, 0.29) is 9.63 Å². The Labute approximate surface area is 119 Å². The zero-order valence-electron chi connectivity index (χ0n) is 10.2. The van der Waals surface area contributed by atoms with Gasteiger partial charge in [0.15, 0.2) is 4.60 Å². The molecule has 2 heterocycles. The lowest BCUT2D eigenvalue weighted by Gasteiger charge is -2.30. The first-order valence-corrected chi connectivity index (χ1v) is 8.92. The normalized spacial score (nSPS) is 22.3. The first kappa shape index (κ1) is 14.3. The SMILES string of the molecule is CCC1CN(S(=O)(=O)c2c(Br)nnn2C)CCS1. The summed E-state index contributed by atoms with van der Waals surface area (Å²) in [5.41, 5.74) is 0. The topological polar surface area (TPSA) is 68.1 Å². The van der Waals surface area contributed by atoms with Crippen molar-refractivity contribution in [2.24, 2.45) is 7.05 Å². The average Bonchev–Trinajstić information content (AvgIpc) is 2.69. The summed E-state index contributed by atoms with van der Waals surface area (Å²) in [6, 6.07) is 0. The van der Waals surface area contributed by atoms with Crippen molar-refractivity contribution in [2.45, 2.75) is 23.6 Å². The molecule has 0 radical (unpaired) electrons. The molecule has 0 aromatic carbocycles. The van der Waals surface area contributed by atoms with Gasteiger partial charge >= 0.3 is 0 Å². The van der Waals surface area contributed by atoms with E-state index in [9.17, 15) is 8.42 Å². The molecule has 9 heteroatoms. The number of thioether (sulfide) groups is 1. The third-order valence-electron chi connectivity index (χ3n) is 2.88. The van der Waals surface area contributed by atoms with Crippen molar-refractivity contribution in [1.82, 2.24) is 19.3 Å². The molecule has 0 saturated carbocycles. The quantitative estimate of drug-likeness (QED) is 0.812. The van der Waals surface area contributed by atoms with Crippen LogP contribution in [-0.2, 0) is 17.1 Å². The van der Waals surface area contributed by atoms with Crippen LogP contribution >= 0.6 is 27.7 Å². The van der Waals surface area contributed by atoms with E-state index >= 15 is 0 Å². The molecule has 1 atom stereocenters. The van der Waals surface area contributed by atoms with Gasteiger partial charge < -0.3 is 0 Å². The second kappa shape index (κ2) is 5.48. The lowest BCUT2D eigenvalue weighted by molar-refractivity contribution is 0.410. The Bertz CT molecular complexity index is 511. The molecular formula is C9H15BrN4O2S2. The second-order valence-electron chi connectivity index (χ2n) is 4.07. The first-order chi connectivity index (χ1) is 8.46. The van der Waals surface area contributed by atoms with Crippen LogP contribution in [-0.4, -0.2) is 51.8 Å². The van der Waals surface area contributed by atoms with Crippen LogP contribution in [0.4, 0.5) is 0 Å². The van der Waals surface area contributed by atoms with Crippen molar-refractivity contribution in [1.29, 1.82) is 0 Å². The molecule has 1 aliphatic heterocycles. The Kier molecular flexibility index (Phi) is 4.35. The maximum atomic E-state index is 12.5. The molecule has 1 saturated heterocycles. The van der Waals surface area contributed by atoms with Crippen LogP contribution in [0.5, 0.6) is 0 Å². The number of nitrogens with zero attached hydrogens (tertiary/aromatic N) is 4. The van der Waals surface area contributed by atoms with Crippen LogP contribution in [0.3, 0.4) is 0 Å². The predicted molar refractivity (Wildman–Crippen MR) is 74.0 cm³/mol. The van der Waals surface area contributed by atoms with Crippen LogP contribution in [0.25, 0.3) is 0 Å². The molecule has 1 aliphatic rings. The van der Waals surface area contributed by atoms with Crippen molar-refractivity contribution in [3.8, 4) is 0 Å². The predicted octanol–water partition coefficient (Wildman–Crippen LogP) is 1.09. The summed E-state index contributed by atoms with van der Waals surface area (Å²) in [5, 5.41) is 7.96. The third kappa shape index (κ3) is 2.59. The zero-order chi connectivity index (χ0) is 13.3. The highest BCUT2D eigenvalue weighted by Crippen LogP contribution is 2.28. The molecule has 0 N–H and O–H groups in total. The van der Waals surface area contributed by atoms with Gasteiger partial charge in [-0.3, -0.25) is 0 Å². The van der Waals surface area contributed by atoms with Gasteiger partial charge in [0.2, 0.25) is 5.03 Å². The fourth-order valence-electron chi connectivity index (χ4n) is 1.88. The number of aromatic nitrogens is 3. The van der Waals surface area contributed by atoms with E-state index in [4.69, 9.17) is 0 Å². The largest absolute Gasteiger partial charge is 0.263 e. The molecule has 1 aromatic heterocycles. The molecule has 0 bridgehead atoms. The molecule has 0 aliphatic carbocycles. The second-order valence-corrected chi connectivity index (χ2v) is 8.09. The van der Waals surface area contributed by atoms with Crippen LogP contribution in [0, 0.1) is 0 Å². The van der Waals surface area contributed by atoms with Gasteiger partial charge in [0.1, 0.15) is 0 Å². The van der Waals surface area contributed by atoms with Crippen molar-refractivity contribution in [3.05, 3.63) is 4.60 Å². The van der Waals surface area contributed by atoms with Gasteiger partial charge in [0.25, 0.3) is 10.0 Å². The highest BCUT2D eigenvalue weighted by molar-refractivity contribution is 9.10. The fraction of sp³-hybridized carbons (Fsp3) is 0.778. The summed E-state index contributed by atoms with van der Waals surface area (Å²) in [6.07, 6.45) is 0.974. The van der Waals surface area contributed by atoms with Crippen molar-refractivity contribution < 1.29 is 8.42 Å². The number of halogens is 1. The van der Waals surface area contributed by atoms with Crippen molar-refractivity contribution in [3.63, 3.8) is 0 Å². The van der Waals surface area contributed by atoms with Gasteiger partial charge in [-0.2, -0.15) is 16.1 Å². The van der Waals surface area contributed by atoms with E-state index in [2.05, 4.69) is 33.2 Å². The fourth-order valence-corrected chi connectivity index (χ4v) is 5.78. The summed E-state index contributed by atoms with van der Waals surface area (Å²) >= 11 is 4.98. The minimum Gasteiger partial charge on any atom is -0.235 e. The minimum absolute atomic E-state index is 0.129. The maximum absolute atomic E-state index is 12.5. The van der Waals surface area contributed by atoms with E-state index in [0.29, 0.717) is 18.3 Å². The molecule has 2 rings (SSSR count). The average molecular weight is 355 g/mol. The number of hydrogen-bond donors (Lipinski definition) is 0. The lowest BCUT2D eigenvalue weighted by Crippen LogP contribution is -2.42. The zero-order valence-corrected chi connectivity index (χ0v) is 13.4. The van der Waals surface area contributed by atoms with Crippen LogP contribution in [0.15, 0.2) is 9.63 Å². The Hall–Kier alpha value is -0.120. The van der Waals surface area contributed by atoms with Gasteiger partial charge in [0, 0.05) is 31.1 Å². The summed E-state index contributed by atoms with van der Waals surface area (Å²) in [4.78, 5) is 0. The molecule has 102 valence electrons. The van der Waals surface area contributed by atoms with Crippen LogP contribution in [0.1, 0.15) is 13.3 Å². The first-order valence-electron chi connectivity index (χ1n) is 5.63. The van der Waals surface area contributed by atoms with Crippen LogP contribution in [0.2, 0.25) is 0 Å². The van der Waals surface area contributed by atoms with E-state index in [1.54, 1.807) is 7.05 Å². The molecule has 18 heavy (non-hydrogen) atoms. The van der Waals surface area contributed by atoms with Gasteiger partial charge in [-0.1, -0.05) is 12.1 Å². The third-order valence-corrected chi connectivity index (χ3v) is 7.00. The summed E-state index contributed by atoms with van der Waals surface area (Å²) in [6.45, 7) is 3.18. The molecule has 0 amide bonds. The highest BCUT2D eigenvalue weighted by Gasteiger charge is 2.34. The van der Waals surface area contributed by atoms with Gasteiger partial charge in [-0.05, 0) is 22.4 Å². The summed E-state index contributed by atoms with van der Waals surface area (Å²) in [5.74, 6) is 0.834. The van der Waals surface area contributed by atoms with Crippen molar-refractivity contribution in [2.75, 3.05) is 18.8 Å². The summed E-state index contributed by atoms with van der Waals surface area (Å²) < 4.78 is 28.2. The van der Waals surface area contributed by atoms with Gasteiger partial charge in [-0.15, -0.1) is 5.10 Å². The van der Waals surface area contributed by atoms with Gasteiger partial charge in [0.05, 0.1) is 0 Å². The van der Waals surface area contributed by atoms with Gasteiger partial charge in [-0.25, -0.2) is 13.1 Å². The van der Waals surface area contributed by atoms with Crippen LogP contribution < -0.4 is 0 Å². The molecule has 1 unspecified atom stereocenters. The minimum atomic E-state index is -3.51. The lowest BCUT2D eigenvalue weighted by atomic mass is 10.3.